The van der Waals surface area contributed by atoms with Crippen LogP contribution in [0.1, 0.15) is 63.4 Å². The van der Waals surface area contributed by atoms with Gasteiger partial charge in [-0.25, -0.2) is 0 Å². The van der Waals surface area contributed by atoms with E-state index in [4.69, 9.17) is 0 Å². The van der Waals surface area contributed by atoms with E-state index in [1.54, 1.807) is 11.3 Å². The lowest BCUT2D eigenvalue weighted by Crippen LogP contribution is -2.38. The van der Waals surface area contributed by atoms with Crippen molar-refractivity contribution in [1.82, 2.24) is 10.2 Å². The van der Waals surface area contributed by atoms with Crippen LogP contribution in [0, 0.1) is 5.92 Å². The van der Waals surface area contributed by atoms with E-state index in [0.29, 0.717) is 11.9 Å². The number of thiophene rings is 1. The molecule has 3 rings (SSSR count). The van der Waals surface area contributed by atoms with E-state index in [1.807, 2.05) is 0 Å². The molecule has 0 aromatic carbocycles. The van der Waals surface area contributed by atoms with E-state index >= 15 is 0 Å². The molecule has 2 fully saturated rings. The van der Waals surface area contributed by atoms with Crippen LogP contribution in [0.25, 0.3) is 0 Å². The maximum absolute atomic E-state index is 12.8. The summed E-state index contributed by atoms with van der Waals surface area (Å²) in [5, 5.41) is 5.69. The molecule has 1 saturated heterocycles. The van der Waals surface area contributed by atoms with E-state index in [1.165, 1.54) is 17.7 Å². The first kappa shape index (κ1) is 15.0. The van der Waals surface area contributed by atoms with Crippen molar-refractivity contribution in [1.29, 1.82) is 0 Å². The lowest BCUT2D eigenvalue weighted by atomic mass is 10.1. The highest BCUT2D eigenvalue weighted by Crippen LogP contribution is 2.38. The molecule has 0 spiro atoms. The first-order valence-electron chi connectivity index (χ1n) is 8.32. The molecule has 3 nitrogen and oxygen atoms in total. The zero-order valence-electron chi connectivity index (χ0n) is 13.0. The third-order valence-electron chi connectivity index (χ3n) is 4.70. The highest BCUT2D eigenvalue weighted by atomic mass is 32.1. The largest absolute Gasteiger partial charge is 0.318 e. The van der Waals surface area contributed by atoms with Gasteiger partial charge < -0.3 is 4.90 Å². The Morgan fingerprint density at radius 2 is 2.29 bits per heavy atom. The number of carbonyl (C=O) groups excluding carboxylic acids is 1. The number of nitrogens with zero attached hydrogens (tertiary/aromatic N) is 1. The van der Waals surface area contributed by atoms with Crippen molar-refractivity contribution < 1.29 is 4.79 Å². The Bertz CT molecular complexity index is 469. The van der Waals surface area contributed by atoms with Gasteiger partial charge in [0.05, 0.1) is 6.04 Å². The Morgan fingerprint density at radius 3 is 2.90 bits per heavy atom. The van der Waals surface area contributed by atoms with Gasteiger partial charge in [-0.1, -0.05) is 38.7 Å². The molecule has 3 atom stereocenters. The monoisotopic (exact) mass is 306 g/mol. The molecule has 3 unspecified atom stereocenters. The van der Waals surface area contributed by atoms with Crippen LogP contribution in [-0.4, -0.2) is 22.9 Å². The molecule has 1 N–H and O–H groups in total. The number of nitrogens with one attached hydrogen (secondary N) is 1. The minimum absolute atomic E-state index is 0.0127. The molecule has 1 amide bonds. The Balaban J connectivity index is 1.75. The van der Waals surface area contributed by atoms with Crippen LogP contribution in [0.5, 0.6) is 0 Å². The van der Waals surface area contributed by atoms with Gasteiger partial charge in [-0.2, -0.15) is 0 Å². The average Bonchev–Trinajstić information content (AvgIpc) is 3.01. The van der Waals surface area contributed by atoms with Gasteiger partial charge in [0.15, 0.2) is 0 Å². The standard InChI is InChI=1S/C17H26N2OS/c1-3-4-6-14-17(20)19(12(2)11-13-8-9-13)16(18-14)15-7-5-10-21-15/h5,7,10,12-14,16,18H,3-4,6,8-9,11H2,1-2H3. The predicted octanol–water partition coefficient (Wildman–Crippen LogP) is 3.93. The van der Waals surface area contributed by atoms with Gasteiger partial charge >= 0.3 is 0 Å². The van der Waals surface area contributed by atoms with E-state index in [2.05, 4.69) is 41.6 Å². The summed E-state index contributed by atoms with van der Waals surface area (Å²) < 4.78 is 0. The van der Waals surface area contributed by atoms with E-state index in [-0.39, 0.29) is 12.2 Å². The minimum atomic E-state index is 0.0127. The van der Waals surface area contributed by atoms with Gasteiger partial charge in [-0.3, -0.25) is 10.1 Å². The molecule has 1 aromatic heterocycles. The van der Waals surface area contributed by atoms with E-state index in [0.717, 1.165) is 31.6 Å². The quantitative estimate of drug-likeness (QED) is 0.828. The van der Waals surface area contributed by atoms with Crippen LogP contribution in [0.4, 0.5) is 0 Å². The first-order valence-corrected chi connectivity index (χ1v) is 9.20. The van der Waals surface area contributed by atoms with Crippen molar-refractivity contribution in [2.24, 2.45) is 5.92 Å². The fourth-order valence-corrected chi connectivity index (χ4v) is 4.13. The summed E-state index contributed by atoms with van der Waals surface area (Å²) in [6, 6.07) is 4.58. The summed E-state index contributed by atoms with van der Waals surface area (Å²) in [6.45, 7) is 4.41. The van der Waals surface area contributed by atoms with Crippen molar-refractivity contribution in [2.75, 3.05) is 0 Å². The second-order valence-corrected chi connectivity index (χ2v) is 7.53. The fraction of sp³-hybridized carbons (Fsp3) is 0.706. The molecule has 1 aromatic rings. The van der Waals surface area contributed by atoms with E-state index < -0.39 is 0 Å². The maximum Gasteiger partial charge on any atom is 0.241 e. The summed E-state index contributed by atoms with van der Waals surface area (Å²) in [5.41, 5.74) is 0. The number of hydrogen-bond donors (Lipinski definition) is 1. The van der Waals surface area contributed by atoms with Crippen molar-refractivity contribution in [3.8, 4) is 0 Å². The Labute approximate surface area is 131 Å². The molecule has 21 heavy (non-hydrogen) atoms. The second kappa shape index (κ2) is 6.49. The Kier molecular flexibility index (Phi) is 4.65. The van der Waals surface area contributed by atoms with Gasteiger partial charge in [-0.05, 0) is 37.1 Å². The average molecular weight is 306 g/mol. The van der Waals surface area contributed by atoms with Crippen LogP contribution in [0.15, 0.2) is 17.5 Å². The Hall–Kier alpha value is -0.870. The van der Waals surface area contributed by atoms with Gasteiger partial charge in [0.1, 0.15) is 6.17 Å². The van der Waals surface area contributed by atoms with Crippen molar-refractivity contribution in [3.63, 3.8) is 0 Å². The van der Waals surface area contributed by atoms with Crippen LogP contribution in [0.3, 0.4) is 0 Å². The van der Waals surface area contributed by atoms with Gasteiger partial charge in [0.25, 0.3) is 0 Å². The summed E-state index contributed by atoms with van der Waals surface area (Å²) in [5.74, 6) is 1.17. The molecule has 4 heteroatoms. The number of unbranched alkanes of at least 4 members (excludes halogenated alkanes) is 1. The third-order valence-corrected chi connectivity index (χ3v) is 5.62. The second-order valence-electron chi connectivity index (χ2n) is 6.55. The molecule has 2 heterocycles. The molecular weight excluding hydrogens is 280 g/mol. The van der Waals surface area contributed by atoms with Crippen LogP contribution in [0.2, 0.25) is 0 Å². The molecule has 1 aliphatic carbocycles. The van der Waals surface area contributed by atoms with Gasteiger partial charge in [-0.15, -0.1) is 11.3 Å². The smallest absolute Gasteiger partial charge is 0.241 e. The summed E-state index contributed by atoms with van der Waals surface area (Å²) in [7, 11) is 0. The Morgan fingerprint density at radius 1 is 1.48 bits per heavy atom. The van der Waals surface area contributed by atoms with Crippen LogP contribution >= 0.6 is 11.3 Å². The minimum Gasteiger partial charge on any atom is -0.318 e. The number of amides is 1. The first-order chi connectivity index (χ1) is 10.2. The van der Waals surface area contributed by atoms with Crippen molar-refractivity contribution in [2.45, 2.75) is 70.6 Å². The zero-order chi connectivity index (χ0) is 14.8. The zero-order valence-corrected chi connectivity index (χ0v) is 13.9. The van der Waals surface area contributed by atoms with Gasteiger partial charge in [0, 0.05) is 10.9 Å². The predicted molar refractivity (Wildman–Crippen MR) is 87.2 cm³/mol. The molecule has 2 aliphatic rings. The third kappa shape index (κ3) is 3.32. The fourth-order valence-electron chi connectivity index (χ4n) is 3.35. The highest BCUT2D eigenvalue weighted by molar-refractivity contribution is 7.10. The summed E-state index contributed by atoms with van der Waals surface area (Å²) in [6.07, 6.45) is 7.18. The van der Waals surface area contributed by atoms with Crippen LogP contribution < -0.4 is 5.32 Å². The SMILES string of the molecule is CCCCC1NC(c2cccs2)N(C(C)CC2CC2)C1=O. The van der Waals surface area contributed by atoms with E-state index in [9.17, 15) is 4.79 Å². The topological polar surface area (TPSA) is 32.3 Å². The number of hydrogen-bond acceptors (Lipinski definition) is 3. The summed E-state index contributed by atoms with van der Waals surface area (Å²) >= 11 is 1.75. The van der Waals surface area contributed by atoms with Crippen molar-refractivity contribution >= 4 is 17.2 Å². The van der Waals surface area contributed by atoms with Crippen molar-refractivity contribution in [3.05, 3.63) is 22.4 Å². The normalized spacial score (nSPS) is 27.3. The van der Waals surface area contributed by atoms with Gasteiger partial charge in [0.2, 0.25) is 5.91 Å². The molecule has 116 valence electrons. The lowest BCUT2D eigenvalue weighted by Gasteiger charge is -2.30. The molecular formula is C17H26N2OS. The molecule has 1 aliphatic heterocycles. The summed E-state index contributed by atoms with van der Waals surface area (Å²) in [4.78, 5) is 16.2. The van der Waals surface area contributed by atoms with Crippen LogP contribution in [-0.2, 0) is 4.79 Å². The molecule has 0 bridgehead atoms. The number of rotatable bonds is 7. The highest BCUT2D eigenvalue weighted by Gasteiger charge is 2.42. The molecule has 1 saturated carbocycles. The maximum atomic E-state index is 12.8. The molecule has 0 radical (unpaired) electrons. The lowest BCUT2D eigenvalue weighted by molar-refractivity contribution is -0.132. The number of carbonyl (C=O) groups is 1.